The average Bonchev–Trinajstić information content (AvgIpc) is 3.15. The van der Waals surface area contributed by atoms with Crippen molar-refractivity contribution >= 4 is 28.7 Å². The minimum Gasteiger partial charge on any atom is -0.496 e. The smallest absolute Gasteiger partial charge is 0.374 e. The van der Waals surface area contributed by atoms with E-state index in [1.807, 2.05) is 0 Å². The SMILES string of the molecule is COc1cc(Cl)c(-n2c(=O)[nH]c3cnc(C(=O)O)nc32)cc1OCc1c(OC)ccc(F)c1F. The van der Waals surface area contributed by atoms with E-state index in [1.165, 1.54) is 32.4 Å². The van der Waals surface area contributed by atoms with Crippen molar-refractivity contribution in [3.05, 3.63) is 69.0 Å². The highest BCUT2D eigenvalue weighted by molar-refractivity contribution is 6.32. The largest absolute Gasteiger partial charge is 0.496 e. The molecule has 0 saturated carbocycles. The van der Waals surface area contributed by atoms with Crippen LogP contribution in [-0.4, -0.2) is 44.8 Å². The molecule has 34 heavy (non-hydrogen) atoms. The monoisotopic (exact) mass is 492 g/mol. The Labute approximate surface area is 194 Å². The Hall–Kier alpha value is -4.19. The minimum atomic E-state index is -1.39. The summed E-state index contributed by atoms with van der Waals surface area (Å²) in [5.41, 5.74) is -0.675. The summed E-state index contributed by atoms with van der Waals surface area (Å²) in [4.78, 5) is 34.0. The molecule has 0 atom stereocenters. The van der Waals surface area contributed by atoms with Crippen LogP contribution in [0.5, 0.6) is 17.2 Å². The topological polar surface area (TPSA) is 129 Å². The number of methoxy groups -OCH3 is 2. The number of imidazole rings is 1. The quantitative estimate of drug-likeness (QED) is 0.402. The van der Waals surface area contributed by atoms with Gasteiger partial charge in [0.2, 0.25) is 5.82 Å². The molecule has 2 aromatic carbocycles. The number of rotatable bonds is 7. The van der Waals surface area contributed by atoms with Crippen molar-refractivity contribution in [1.29, 1.82) is 0 Å². The Morgan fingerprint density at radius 3 is 2.59 bits per heavy atom. The molecule has 2 heterocycles. The highest BCUT2D eigenvalue weighted by Crippen LogP contribution is 2.37. The highest BCUT2D eigenvalue weighted by atomic mass is 35.5. The number of carbonyl (C=O) groups is 1. The zero-order chi connectivity index (χ0) is 24.6. The number of ether oxygens (including phenoxy) is 3. The fourth-order valence-corrected chi connectivity index (χ4v) is 3.48. The molecule has 10 nitrogen and oxygen atoms in total. The third kappa shape index (κ3) is 3.99. The van der Waals surface area contributed by atoms with Gasteiger partial charge in [-0.2, -0.15) is 0 Å². The predicted octanol–water partition coefficient (Wildman–Crippen LogP) is 3.33. The van der Waals surface area contributed by atoms with Gasteiger partial charge < -0.3 is 24.3 Å². The van der Waals surface area contributed by atoms with Gasteiger partial charge in [-0.15, -0.1) is 0 Å². The second kappa shape index (κ2) is 8.98. The number of hydrogen-bond acceptors (Lipinski definition) is 7. The maximum atomic E-state index is 14.3. The molecule has 176 valence electrons. The Balaban J connectivity index is 1.82. The first-order valence-electron chi connectivity index (χ1n) is 9.47. The predicted molar refractivity (Wildman–Crippen MR) is 115 cm³/mol. The lowest BCUT2D eigenvalue weighted by Gasteiger charge is -2.16. The number of aromatic nitrogens is 4. The molecule has 0 fully saturated rings. The van der Waals surface area contributed by atoms with E-state index in [1.54, 1.807) is 0 Å². The van der Waals surface area contributed by atoms with Crippen LogP contribution in [0.3, 0.4) is 0 Å². The van der Waals surface area contributed by atoms with E-state index in [0.717, 1.165) is 16.8 Å². The number of H-pyrrole nitrogens is 1. The van der Waals surface area contributed by atoms with Crippen LogP contribution < -0.4 is 19.9 Å². The zero-order valence-corrected chi connectivity index (χ0v) is 18.3. The number of aromatic carboxylic acids is 1. The third-order valence-corrected chi connectivity index (χ3v) is 5.14. The molecule has 4 rings (SSSR count). The van der Waals surface area contributed by atoms with Gasteiger partial charge in [0, 0.05) is 12.1 Å². The molecule has 0 aliphatic rings. The first-order valence-corrected chi connectivity index (χ1v) is 9.85. The molecule has 0 unspecified atom stereocenters. The van der Waals surface area contributed by atoms with Crippen LogP contribution in [0.15, 0.2) is 35.3 Å². The van der Waals surface area contributed by atoms with Crippen LogP contribution in [0.2, 0.25) is 5.02 Å². The first-order chi connectivity index (χ1) is 16.2. The molecular formula is C21H15ClF2N4O6. The molecule has 0 bridgehead atoms. The van der Waals surface area contributed by atoms with Crippen LogP contribution in [0.1, 0.15) is 16.2 Å². The number of carboxylic acid groups (broad SMARTS) is 1. The summed E-state index contributed by atoms with van der Waals surface area (Å²) >= 11 is 6.36. The van der Waals surface area contributed by atoms with Crippen molar-refractivity contribution in [3.63, 3.8) is 0 Å². The second-order valence-corrected chi connectivity index (χ2v) is 7.19. The number of benzene rings is 2. The van der Waals surface area contributed by atoms with Crippen LogP contribution in [0.4, 0.5) is 8.78 Å². The van der Waals surface area contributed by atoms with E-state index < -0.39 is 35.7 Å². The lowest BCUT2D eigenvalue weighted by atomic mass is 10.2. The van der Waals surface area contributed by atoms with Crippen molar-refractivity contribution in [3.8, 4) is 22.9 Å². The van der Waals surface area contributed by atoms with Gasteiger partial charge in [-0.05, 0) is 12.1 Å². The van der Waals surface area contributed by atoms with E-state index in [4.69, 9.17) is 25.8 Å². The summed E-state index contributed by atoms with van der Waals surface area (Å²) in [6.45, 7) is -0.446. The molecule has 4 aromatic rings. The van der Waals surface area contributed by atoms with Crippen LogP contribution in [0.25, 0.3) is 16.9 Å². The number of carboxylic acids is 1. The zero-order valence-electron chi connectivity index (χ0n) is 17.6. The van der Waals surface area contributed by atoms with E-state index in [-0.39, 0.29) is 44.7 Å². The minimum absolute atomic E-state index is 0.0291. The molecule has 0 spiro atoms. The van der Waals surface area contributed by atoms with Crippen molar-refractivity contribution in [1.82, 2.24) is 19.5 Å². The molecule has 0 amide bonds. The molecule has 0 aliphatic carbocycles. The van der Waals surface area contributed by atoms with Crippen LogP contribution >= 0.6 is 11.6 Å². The van der Waals surface area contributed by atoms with Crippen LogP contribution in [-0.2, 0) is 6.61 Å². The van der Waals surface area contributed by atoms with Crippen molar-refractivity contribution in [2.24, 2.45) is 0 Å². The van der Waals surface area contributed by atoms with E-state index in [0.29, 0.717) is 0 Å². The van der Waals surface area contributed by atoms with Gasteiger partial charge in [-0.25, -0.2) is 32.9 Å². The third-order valence-electron chi connectivity index (χ3n) is 4.84. The van der Waals surface area contributed by atoms with Gasteiger partial charge in [0.15, 0.2) is 28.8 Å². The fraction of sp³-hybridized carbons (Fsp3) is 0.143. The molecule has 13 heteroatoms. The summed E-state index contributed by atoms with van der Waals surface area (Å²) in [6, 6.07) is 4.85. The Bertz CT molecular complexity index is 1490. The lowest BCUT2D eigenvalue weighted by Crippen LogP contribution is -2.16. The van der Waals surface area contributed by atoms with Gasteiger partial charge in [-0.3, -0.25) is 0 Å². The van der Waals surface area contributed by atoms with Crippen LogP contribution in [0, 0.1) is 11.6 Å². The summed E-state index contributed by atoms with van der Waals surface area (Å²) in [5, 5.41) is 9.23. The van der Waals surface area contributed by atoms with Gasteiger partial charge >= 0.3 is 11.7 Å². The number of halogens is 3. The summed E-state index contributed by atoms with van der Waals surface area (Å²) in [7, 11) is 2.64. The van der Waals surface area contributed by atoms with E-state index in [9.17, 15) is 23.5 Å². The van der Waals surface area contributed by atoms with E-state index in [2.05, 4.69) is 15.0 Å². The number of fused-ring (bicyclic) bond motifs is 1. The van der Waals surface area contributed by atoms with Gasteiger partial charge in [-0.1, -0.05) is 11.6 Å². The lowest BCUT2D eigenvalue weighted by molar-refractivity contribution is 0.0684. The van der Waals surface area contributed by atoms with Gasteiger partial charge in [0.1, 0.15) is 17.9 Å². The molecule has 0 radical (unpaired) electrons. The first kappa shape index (κ1) is 23.0. The Kier molecular flexibility index (Phi) is 6.07. The molecule has 2 aromatic heterocycles. The second-order valence-electron chi connectivity index (χ2n) is 6.79. The number of hydrogen-bond donors (Lipinski definition) is 2. The number of nitrogens with zero attached hydrogens (tertiary/aromatic N) is 3. The van der Waals surface area contributed by atoms with Crippen molar-refractivity contribution in [2.75, 3.05) is 14.2 Å². The summed E-state index contributed by atoms with van der Waals surface area (Å²) in [5.74, 6) is -3.91. The maximum Gasteiger partial charge on any atom is 0.374 e. The number of aromatic amines is 1. The van der Waals surface area contributed by atoms with Crippen molar-refractivity contribution < 1.29 is 32.9 Å². The van der Waals surface area contributed by atoms with E-state index >= 15 is 0 Å². The standard InChI is InChI=1S/C21H15ClF2N4O6/c1-32-14-4-3-11(23)17(24)9(14)8-34-16-6-13(10(22)5-15(16)33-2)28-19-12(26-21(28)31)7-25-18(27-19)20(29)30/h3-7H,8H2,1-2H3,(H,26,31)(H,29,30). The average molecular weight is 493 g/mol. The van der Waals surface area contributed by atoms with Gasteiger partial charge in [0.25, 0.3) is 0 Å². The van der Waals surface area contributed by atoms with Gasteiger partial charge in [0.05, 0.1) is 36.7 Å². The molecule has 0 aliphatic heterocycles. The van der Waals surface area contributed by atoms with Crippen molar-refractivity contribution in [2.45, 2.75) is 6.61 Å². The molecule has 0 saturated heterocycles. The summed E-state index contributed by atoms with van der Waals surface area (Å²) in [6.07, 6.45) is 1.15. The summed E-state index contributed by atoms with van der Waals surface area (Å²) < 4.78 is 45.1. The normalized spacial score (nSPS) is 11.0. The Morgan fingerprint density at radius 1 is 1.18 bits per heavy atom. The fourth-order valence-electron chi connectivity index (χ4n) is 3.24. The number of nitrogens with one attached hydrogen (secondary N) is 1. The molecule has 2 N–H and O–H groups in total. The molecular weight excluding hydrogens is 478 g/mol. The highest BCUT2D eigenvalue weighted by Gasteiger charge is 2.21. The maximum absolute atomic E-state index is 14.3. The Morgan fingerprint density at radius 2 is 1.91 bits per heavy atom.